The van der Waals surface area contributed by atoms with Crippen LogP contribution in [0.2, 0.25) is 0 Å². The van der Waals surface area contributed by atoms with E-state index in [1.165, 1.54) is 0 Å². The van der Waals surface area contributed by atoms with Crippen LogP contribution in [0, 0.1) is 0 Å². The van der Waals surface area contributed by atoms with Gasteiger partial charge in [0, 0.05) is 16.7 Å². The fourth-order valence-corrected chi connectivity index (χ4v) is 4.63. The fourth-order valence-electron chi connectivity index (χ4n) is 4.63. The Kier molecular flexibility index (Phi) is 4.54. The molecule has 164 valence electrons. The van der Waals surface area contributed by atoms with Gasteiger partial charge in [-0.1, -0.05) is 36.4 Å². The predicted molar refractivity (Wildman–Crippen MR) is 125 cm³/mol. The van der Waals surface area contributed by atoms with E-state index in [-0.39, 0.29) is 12.1 Å². The molecule has 2 aliphatic rings. The summed E-state index contributed by atoms with van der Waals surface area (Å²) in [5, 5.41) is 8.09. The molecule has 3 heterocycles. The van der Waals surface area contributed by atoms with Crippen molar-refractivity contribution in [2.75, 3.05) is 19.5 Å². The molecule has 33 heavy (non-hydrogen) atoms. The Bertz CT molecular complexity index is 1380. The maximum atomic E-state index is 6.64. The van der Waals surface area contributed by atoms with Crippen LogP contribution in [-0.2, 0) is 0 Å². The molecular formula is C26H22N4O3. The van der Waals surface area contributed by atoms with Gasteiger partial charge in [-0.2, -0.15) is 10.1 Å². The van der Waals surface area contributed by atoms with Gasteiger partial charge < -0.3 is 19.5 Å². The van der Waals surface area contributed by atoms with Crippen LogP contribution in [0.15, 0.2) is 84.7 Å². The highest BCUT2D eigenvalue weighted by Crippen LogP contribution is 2.50. The number of benzene rings is 3. The molecule has 0 saturated carbocycles. The molecule has 0 fully saturated rings. The summed E-state index contributed by atoms with van der Waals surface area (Å²) in [7, 11) is 3.34. The first kappa shape index (κ1) is 19.4. The summed E-state index contributed by atoms with van der Waals surface area (Å²) in [5.41, 5.74) is 5.06. The van der Waals surface area contributed by atoms with E-state index in [1.54, 1.807) is 20.5 Å². The lowest BCUT2D eigenvalue weighted by Crippen LogP contribution is -2.32. The van der Waals surface area contributed by atoms with Crippen LogP contribution in [0.4, 0.5) is 5.95 Å². The minimum Gasteiger partial charge on any atom is -0.497 e. The molecule has 2 atom stereocenters. The maximum Gasteiger partial charge on any atom is 0.226 e. The molecule has 0 radical (unpaired) electrons. The largest absolute Gasteiger partial charge is 0.497 e. The molecule has 2 aliphatic heterocycles. The van der Waals surface area contributed by atoms with Crippen molar-refractivity contribution in [2.45, 2.75) is 12.1 Å². The molecule has 1 N–H and O–H groups in total. The average molecular weight is 438 g/mol. The van der Waals surface area contributed by atoms with Crippen molar-refractivity contribution in [3.8, 4) is 17.2 Å². The first-order valence-electron chi connectivity index (χ1n) is 10.7. The molecule has 7 nitrogen and oxygen atoms in total. The lowest BCUT2D eigenvalue weighted by Gasteiger charge is -2.39. The molecule has 4 aromatic rings. The zero-order valence-electron chi connectivity index (χ0n) is 18.2. The minimum absolute atomic E-state index is 0.238. The molecule has 0 saturated heterocycles. The third kappa shape index (κ3) is 3.12. The molecule has 3 aromatic carbocycles. The standard InChI is InChI=1S/C26H22N4O3/c1-31-18-9-5-7-16(13-18)24-22-23(29-26-27-15-28-30(24)26)20-11-3-4-12-21(20)33-25(22)17-8-6-10-19(14-17)32-2/h3-15,24-25H,1-2H3,(H,27,28,29). The van der Waals surface area contributed by atoms with Crippen LogP contribution in [-0.4, -0.2) is 29.0 Å². The van der Waals surface area contributed by atoms with Gasteiger partial charge in [-0.15, -0.1) is 0 Å². The van der Waals surface area contributed by atoms with Gasteiger partial charge >= 0.3 is 0 Å². The summed E-state index contributed by atoms with van der Waals surface area (Å²) in [5.74, 6) is 3.06. The maximum absolute atomic E-state index is 6.64. The van der Waals surface area contributed by atoms with Gasteiger partial charge in [-0.3, -0.25) is 0 Å². The van der Waals surface area contributed by atoms with Gasteiger partial charge in [0.05, 0.1) is 19.9 Å². The number of ether oxygens (including phenoxy) is 3. The highest BCUT2D eigenvalue weighted by atomic mass is 16.5. The van der Waals surface area contributed by atoms with Crippen LogP contribution < -0.4 is 19.5 Å². The Hall–Kier alpha value is -4.26. The number of nitrogens with one attached hydrogen (secondary N) is 1. The van der Waals surface area contributed by atoms with Crippen LogP contribution >= 0.6 is 0 Å². The summed E-state index contributed by atoms with van der Waals surface area (Å²) in [4.78, 5) is 4.48. The third-order valence-electron chi connectivity index (χ3n) is 6.13. The van der Waals surface area contributed by atoms with Crippen molar-refractivity contribution in [2.24, 2.45) is 0 Å². The molecule has 0 bridgehead atoms. The molecule has 2 unspecified atom stereocenters. The number of hydrogen-bond donors (Lipinski definition) is 1. The van der Waals surface area contributed by atoms with Crippen molar-refractivity contribution in [1.82, 2.24) is 14.8 Å². The quantitative estimate of drug-likeness (QED) is 0.491. The zero-order chi connectivity index (χ0) is 22.4. The number of rotatable bonds is 4. The number of aromatic nitrogens is 3. The number of nitrogens with zero attached hydrogens (tertiary/aromatic N) is 3. The van der Waals surface area contributed by atoms with E-state index in [0.29, 0.717) is 5.95 Å². The van der Waals surface area contributed by atoms with Gasteiger partial charge in [-0.05, 0) is 42.0 Å². The lowest BCUT2D eigenvalue weighted by molar-refractivity contribution is 0.222. The molecule has 0 amide bonds. The second-order valence-corrected chi connectivity index (χ2v) is 7.93. The van der Waals surface area contributed by atoms with Gasteiger partial charge in [0.15, 0.2) is 0 Å². The normalized spacial score (nSPS) is 18.4. The molecule has 1 aromatic heterocycles. The average Bonchev–Trinajstić information content (AvgIpc) is 3.35. The fraction of sp³-hybridized carbons (Fsp3) is 0.154. The topological polar surface area (TPSA) is 70.4 Å². The van der Waals surface area contributed by atoms with E-state index < -0.39 is 0 Å². The van der Waals surface area contributed by atoms with Crippen molar-refractivity contribution in [3.05, 3.63) is 101 Å². The second kappa shape index (κ2) is 7.70. The number of anilines is 1. The number of methoxy groups -OCH3 is 2. The van der Waals surface area contributed by atoms with E-state index in [1.807, 2.05) is 59.3 Å². The number of para-hydroxylation sites is 1. The Morgan fingerprint density at radius 3 is 2.39 bits per heavy atom. The summed E-state index contributed by atoms with van der Waals surface area (Å²) in [6, 6.07) is 23.9. The van der Waals surface area contributed by atoms with E-state index in [2.05, 4.69) is 33.6 Å². The minimum atomic E-state index is -0.356. The first-order valence-corrected chi connectivity index (χ1v) is 10.7. The molecule has 6 rings (SSSR count). The van der Waals surface area contributed by atoms with E-state index in [0.717, 1.165) is 45.2 Å². The van der Waals surface area contributed by atoms with Gasteiger partial charge in [0.25, 0.3) is 0 Å². The van der Waals surface area contributed by atoms with E-state index in [9.17, 15) is 0 Å². The Balaban J connectivity index is 1.62. The van der Waals surface area contributed by atoms with E-state index >= 15 is 0 Å². The van der Waals surface area contributed by atoms with Gasteiger partial charge in [0.1, 0.15) is 35.7 Å². The lowest BCUT2D eigenvalue weighted by atomic mass is 9.84. The summed E-state index contributed by atoms with van der Waals surface area (Å²) >= 11 is 0. The highest BCUT2D eigenvalue weighted by Gasteiger charge is 2.41. The Labute approximate surface area is 191 Å². The van der Waals surface area contributed by atoms with Crippen LogP contribution in [0.25, 0.3) is 5.70 Å². The van der Waals surface area contributed by atoms with Crippen LogP contribution in [0.1, 0.15) is 28.8 Å². The van der Waals surface area contributed by atoms with Crippen molar-refractivity contribution in [1.29, 1.82) is 0 Å². The molecule has 7 heteroatoms. The monoisotopic (exact) mass is 438 g/mol. The summed E-state index contributed by atoms with van der Waals surface area (Å²) in [6.07, 6.45) is 1.22. The van der Waals surface area contributed by atoms with Crippen molar-refractivity contribution in [3.63, 3.8) is 0 Å². The van der Waals surface area contributed by atoms with Gasteiger partial charge in [-0.25, -0.2) is 4.68 Å². The number of fused-ring (bicyclic) bond motifs is 3. The van der Waals surface area contributed by atoms with E-state index in [4.69, 9.17) is 14.2 Å². The number of hydrogen-bond acceptors (Lipinski definition) is 6. The van der Waals surface area contributed by atoms with Crippen molar-refractivity contribution < 1.29 is 14.2 Å². The molecular weight excluding hydrogens is 416 g/mol. The van der Waals surface area contributed by atoms with Gasteiger partial charge in [0.2, 0.25) is 5.95 Å². The Morgan fingerprint density at radius 2 is 1.61 bits per heavy atom. The Morgan fingerprint density at radius 1 is 0.879 bits per heavy atom. The third-order valence-corrected chi connectivity index (χ3v) is 6.13. The molecule has 0 aliphatic carbocycles. The summed E-state index contributed by atoms with van der Waals surface area (Å²) < 4.78 is 19.6. The predicted octanol–water partition coefficient (Wildman–Crippen LogP) is 4.86. The van der Waals surface area contributed by atoms with Crippen molar-refractivity contribution >= 4 is 11.6 Å². The summed E-state index contributed by atoms with van der Waals surface area (Å²) in [6.45, 7) is 0. The first-order chi connectivity index (χ1) is 16.3. The highest BCUT2D eigenvalue weighted by molar-refractivity contribution is 5.85. The van der Waals surface area contributed by atoms with Crippen LogP contribution in [0.5, 0.6) is 17.2 Å². The molecule has 0 spiro atoms. The second-order valence-electron chi connectivity index (χ2n) is 7.93. The van der Waals surface area contributed by atoms with Crippen LogP contribution in [0.3, 0.4) is 0 Å². The SMILES string of the molecule is COc1cccc(C2Oc3ccccc3C3=C2C(c2cccc(OC)c2)n2ncnc2N3)c1. The smallest absolute Gasteiger partial charge is 0.226 e. The zero-order valence-corrected chi connectivity index (χ0v) is 18.2.